The van der Waals surface area contributed by atoms with Gasteiger partial charge in [-0.15, -0.1) is 22.7 Å². The number of rotatable bonds is 8. The molecule has 1 amide bonds. The van der Waals surface area contributed by atoms with E-state index in [-0.39, 0.29) is 18.3 Å². The fraction of sp³-hybridized carbons (Fsp3) is 0.333. The van der Waals surface area contributed by atoms with Crippen molar-refractivity contribution in [1.82, 2.24) is 9.97 Å². The fourth-order valence-electron chi connectivity index (χ4n) is 2.44. The van der Waals surface area contributed by atoms with Crippen molar-refractivity contribution < 1.29 is 14.3 Å². The van der Waals surface area contributed by atoms with Crippen LogP contribution < -0.4 is 5.32 Å². The number of anilines is 1. The Morgan fingerprint density at radius 3 is 2.85 bits per heavy atom. The van der Waals surface area contributed by atoms with Gasteiger partial charge in [-0.25, -0.2) is 9.97 Å². The number of thiazole rings is 2. The summed E-state index contributed by atoms with van der Waals surface area (Å²) in [6.07, 6.45) is 3.15. The Kier molecular flexibility index (Phi) is 6.30. The van der Waals surface area contributed by atoms with Crippen molar-refractivity contribution in [1.29, 1.82) is 0 Å². The van der Waals surface area contributed by atoms with E-state index in [0.29, 0.717) is 17.2 Å². The lowest BCUT2D eigenvalue weighted by Crippen LogP contribution is -2.11. The third kappa shape index (κ3) is 5.09. The molecule has 0 aliphatic heterocycles. The molecule has 0 radical (unpaired) electrons. The third-order valence-electron chi connectivity index (χ3n) is 3.73. The molecule has 0 aliphatic carbocycles. The van der Waals surface area contributed by atoms with Gasteiger partial charge < -0.3 is 10.1 Å². The Labute approximate surface area is 159 Å². The second kappa shape index (κ2) is 8.86. The van der Waals surface area contributed by atoms with Gasteiger partial charge in [0.2, 0.25) is 5.91 Å². The predicted molar refractivity (Wildman–Crippen MR) is 104 cm³/mol. The lowest BCUT2D eigenvalue weighted by molar-refractivity contribution is -0.139. The molecule has 3 aromatic rings. The van der Waals surface area contributed by atoms with Crippen molar-refractivity contribution in [3.63, 3.8) is 0 Å². The number of unbranched alkanes of at least 4 members (excludes halogenated alkanes) is 1. The first-order chi connectivity index (χ1) is 12.6. The van der Waals surface area contributed by atoms with E-state index in [0.717, 1.165) is 29.8 Å². The average molecular weight is 390 g/mol. The number of benzene rings is 1. The average Bonchev–Trinajstić information content (AvgIpc) is 3.24. The zero-order valence-electron chi connectivity index (χ0n) is 14.4. The van der Waals surface area contributed by atoms with Gasteiger partial charge in [-0.1, -0.05) is 12.1 Å². The van der Waals surface area contributed by atoms with Gasteiger partial charge in [0.25, 0.3) is 0 Å². The van der Waals surface area contributed by atoms with Gasteiger partial charge in [0.05, 0.1) is 34.4 Å². The summed E-state index contributed by atoms with van der Waals surface area (Å²) < 4.78 is 5.80. The van der Waals surface area contributed by atoms with E-state index in [1.165, 1.54) is 23.1 Å². The van der Waals surface area contributed by atoms with Crippen LogP contribution in [0.4, 0.5) is 5.13 Å². The minimum absolute atomic E-state index is 0.0618. The largest absolute Gasteiger partial charge is 0.469 e. The van der Waals surface area contributed by atoms with Gasteiger partial charge in [-0.05, 0) is 31.4 Å². The van der Waals surface area contributed by atoms with Gasteiger partial charge in [0, 0.05) is 11.8 Å². The van der Waals surface area contributed by atoms with Gasteiger partial charge >= 0.3 is 5.97 Å². The number of carbonyl (C=O) groups excluding carboxylic acids is 2. The number of hydrogen-bond donors (Lipinski definition) is 1. The van der Waals surface area contributed by atoms with Crippen molar-refractivity contribution in [3.8, 4) is 0 Å². The molecular formula is C18H19N3O3S2. The second-order valence-electron chi connectivity index (χ2n) is 5.73. The maximum absolute atomic E-state index is 12.0. The lowest BCUT2D eigenvalue weighted by Gasteiger charge is -2.01. The van der Waals surface area contributed by atoms with E-state index in [1.54, 1.807) is 16.7 Å². The molecule has 1 aromatic carbocycles. The molecule has 0 fully saturated rings. The lowest BCUT2D eigenvalue weighted by atomic mass is 10.2. The molecule has 8 heteroatoms. The minimum atomic E-state index is -0.344. The van der Waals surface area contributed by atoms with Crippen LogP contribution >= 0.6 is 22.7 Å². The van der Waals surface area contributed by atoms with Crippen LogP contribution in [0.3, 0.4) is 0 Å². The molecular weight excluding hydrogens is 370 g/mol. The summed E-state index contributed by atoms with van der Waals surface area (Å²) >= 11 is 3.02. The van der Waals surface area contributed by atoms with Gasteiger partial charge in [0.1, 0.15) is 0 Å². The summed E-state index contributed by atoms with van der Waals surface area (Å²) in [5.74, 6) is -0.406. The number of nitrogens with zero attached hydrogens (tertiary/aromatic N) is 2. The van der Waals surface area contributed by atoms with Gasteiger partial charge in [-0.2, -0.15) is 0 Å². The summed E-state index contributed by atoms with van der Waals surface area (Å²) in [4.78, 5) is 32.0. The predicted octanol–water partition coefficient (Wildman–Crippen LogP) is 3.82. The fourth-order valence-corrected chi connectivity index (χ4v) is 4.17. The van der Waals surface area contributed by atoms with Gasteiger partial charge in [0.15, 0.2) is 5.13 Å². The molecule has 0 bridgehead atoms. The molecule has 1 N–H and O–H groups in total. The van der Waals surface area contributed by atoms with Crippen LogP contribution in [0, 0.1) is 0 Å². The Balaban J connectivity index is 1.39. The number of ether oxygens (including phenoxy) is 1. The Morgan fingerprint density at radius 1 is 1.19 bits per heavy atom. The highest BCUT2D eigenvalue weighted by atomic mass is 32.1. The highest BCUT2D eigenvalue weighted by Crippen LogP contribution is 2.23. The summed E-state index contributed by atoms with van der Waals surface area (Å²) in [6, 6.07) is 8.10. The van der Waals surface area contributed by atoms with Crippen molar-refractivity contribution in [2.24, 2.45) is 0 Å². The minimum Gasteiger partial charge on any atom is -0.469 e. The number of hydrogen-bond acceptors (Lipinski definition) is 7. The van der Waals surface area contributed by atoms with E-state index >= 15 is 0 Å². The van der Waals surface area contributed by atoms with Crippen molar-refractivity contribution >= 4 is 49.9 Å². The van der Waals surface area contributed by atoms with Crippen LogP contribution in [-0.4, -0.2) is 29.0 Å². The molecule has 2 heterocycles. The molecule has 2 aromatic heterocycles. The van der Waals surface area contributed by atoms with E-state index in [4.69, 9.17) is 0 Å². The highest BCUT2D eigenvalue weighted by molar-refractivity contribution is 7.18. The Bertz CT molecular complexity index is 871. The molecule has 0 saturated carbocycles. The molecule has 6 nitrogen and oxygen atoms in total. The zero-order chi connectivity index (χ0) is 18.4. The number of aromatic nitrogens is 2. The Morgan fingerprint density at radius 2 is 2.04 bits per heavy atom. The molecule has 0 atom stereocenters. The number of nitrogens with one attached hydrogen (secondary N) is 1. The second-order valence-corrected chi connectivity index (χ2v) is 7.70. The van der Waals surface area contributed by atoms with Crippen LogP contribution in [0.2, 0.25) is 0 Å². The molecule has 136 valence electrons. The first-order valence-electron chi connectivity index (χ1n) is 8.29. The SMILES string of the molecule is COC(=O)Cc1csc(NC(=O)CCCCc2nc3ccccc3s2)n1. The van der Waals surface area contributed by atoms with E-state index in [1.807, 2.05) is 18.2 Å². The monoisotopic (exact) mass is 389 g/mol. The molecule has 0 aliphatic rings. The normalized spacial score (nSPS) is 10.8. The third-order valence-corrected chi connectivity index (χ3v) is 5.64. The summed E-state index contributed by atoms with van der Waals surface area (Å²) in [6.45, 7) is 0. The van der Waals surface area contributed by atoms with Crippen LogP contribution in [-0.2, 0) is 27.2 Å². The smallest absolute Gasteiger partial charge is 0.311 e. The van der Waals surface area contributed by atoms with Crippen LogP contribution in [0.5, 0.6) is 0 Å². The van der Waals surface area contributed by atoms with Crippen LogP contribution in [0.15, 0.2) is 29.6 Å². The van der Waals surface area contributed by atoms with Crippen molar-refractivity contribution in [2.75, 3.05) is 12.4 Å². The van der Waals surface area contributed by atoms with E-state index in [9.17, 15) is 9.59 Å². The summed E-state index contributed by atoms with van der Waals surface area (Å²) in [5, 5.41) is 6.15. The first kappa shape index (κ1) is 18.5. The first-order valence-corrected chi connectivity index (χ1v) is 9.99. The van der Waals surface area contributed by atoms with Crippen LogP contribution in [0.25, 0.3) is 10.2 Å². The van der Waals surface area contributed by atoms with Gasteiger partial charge in [-0.3, -0.25) is 9.59 Å². The number of para-hydroxylation sites is 1. The van der Waals surface area contributed by atoms with Crippen molar-refractivity contribution in [2.45, 2.75) is 32.1 Å². The number of methoxy groups -OCH3 is 1. The number of esters is 1. The summed E-state index contributed by atoms with van der Waals surface area (Å²) in [7, 11) is 1.34. The molecule has 0 unspecified atom stereocenters. The number of fused-ring (bicyclic) bond motifs is 1. The molecule has 0 spiro atoms. The molecule has 0 saturated heterocycles. The standard InChI is InChI=1S/C18H19N3O3S2/c1-24-17(23)10-12-11-25-18(19-12)21-15(22)8-4-5-9-16-20-13-6-2-3-7-14(13)26-16/h2-3,6-7,11H,4-5,8-10H2,1H3,(H,19,21,22). The number of aryl methyl sites for hydroxylation is 1. The molecule has 3 rings (SSSR count). The number of amides is 1. The summed E-state index contributed by atoms with van der Waals surface area (Å²) in [5.41, 5.74) is 1.64. The zero-order valence-corrected chi connectivity index (χ0v) is 16.0. The van der Waals surface area contributed by atoms with Crippen molar-refractivity contribution in [3.05, 3.63) is 40.3 Å². The highest BCUT2D eigenvalue weighted by Gasteiger charge is 2.10. The van der Waals surface area contributed by atoms with Crippen LogP contribution in [0.1, 0.15) is 30.0 Å². The van der Waals surface area contributed by atoms with E-state index < -0.39 is 0 Å². The quantitative estimate of drug-likeness (QED) is 0.468. The molecule has 26 heavy (non-hydrogen) atoms. The number of carbonyl (C=O) groups is 2. The topological polar surface area (TPSA) is 81.2 Å². The maximum atomic E-state index is 12.0. The Hall–Kier alpha value is -2.32. The maximum Gasteiger partial charge on any atom is 0.311 e. The van der Waals surface area contributed by atoms with E-state index in [2.05, 4.69) is 26.1 Å².